The van der Waals surface area contributed by atoms with E-state index in [1.807, 2.05) is 12.1 Å². The fourth-order valence-corrected chi connectivity index (χ4v) is 3.11. The molecule has 5 nitrogen and oxygen atoms in total. The van der Waals surface area contributed by atoms with Gasteiger partial charge in [-0.3, -0.25) is 0 Å². The summed E-state index contributed by atoms with van der Waals surface area (Å²) in [4.78, 5) is 0. The predicted octanol–water partition coefficient (Wildman–Crippen LogP) is 2.90. The number of hydrogen-bond acceptors (Lipinski definition) is 4. The quantitative estimate of drug-likeness (QED) is 0.932. The van der Waals surface area contributed by atoms with Crippen molar-refractivity contribution in [1.82, 2.24) is 20.2 Å². The second kappa shape index (κ2) is 5.61. The zero-order chi connectivity index (χ0) is 13.9. The van der Waals surface area contributed by atoms with Gasteiger partial charge in [0.1, 0.15) is 6.33 Å². The summed E-state index contributed by atoms with van der Waals surface area (Å²) in [5, 5.41) is 15.0. The van der Waals surface area contributed by atoms with Crippen LogP contribution in [0.4, 0.5) is 5.69 Å². The van der Waals surface area contributed by atoms with E-state index in [2.05, 4.69) is 46.8 Å². The molecule has 0 saturated heterocycles. The van der Waals surface area contributed by atoms with E-state index < -0.39 is 0 Å². The van der Waals surface area contributed by atoms with Gasteiger partial charge in [0.25, 0.3) is 0 Å². The zero-order valence-electron chi connectivity index (χ0n) is 12.0. The van der Waals surface area contributed by atoms with E-state index in [4.69, 9.17) is 0 Å². The Kier molecular flexibility index (Phi) is 3.67. The SMILES string of the molecule is CC1CCC(Nc2cccc(-n3cnnn3)c2)C(C)C1. The molecule has 5 heteroatoms. The first kappa shape index (κ1) is 13.1. The molecule has 106 valence electrons. The standard InChI is InChI=1S/C15H21N5/c1-11-6-7-15(12(2)8-11)17-13-4-3-5-14(9-13)20-10-16-18-19-20/h3-5,9-12,15,17H,6-8H2,1-2H3. The third-order valence-electron chi connectivity index (χ3n) is 4.24. The fourth-order valence-electron chi connectivity index (χ4n) is 3.11. The lowest BCUT2D eigenvalue weighted by Gasteiger charge is -2.33. The molecule has 2 aromatic rings. The van der Waals surface area contributed by atoms with Crippen LogP contribution in [0.2, 0.25) is 0 Å². The van der Waals surface area contributed by atoms with Gasteiger partial charge < -0.3 is 5.32 Å². The van der Waals surface area contributed by atoms with Crippen LogP contribution >= 0.6 is 0 Å². The molecule has 0 aliphatic heterocycles. The Morgan fingerprint density at radius 3 is 2.90 bits per heavy atom. The summed E-state index contributed by atoms with van der Waals surface area (Å²) < 4.78 is 1.68. The topological polar surface area (TPSA) is 55.6 Å². The van der Waals surface area contributed by atoms with Gasteiger partial charge in [0.2, 0.25) is 0 Å². The van der Waals surface area contributed by atoms with Crippen LogP contribution in [0.3, 0.4) is 0 Å². The second-order valence-corrected chi connectivity index (χ2v) is 5.95. The lowest BCUT2D eigenvalue weighted by molar-refractivity contribution is 0.276. The van der Waals surface area contributed by atoms with Crippen molar-refractivity contribution < 1.29 is 0 Å². The van der Waals surface area contributed by atoms with E-state index in [0.717, 1.165) is 23.2 Å². The normalized spacial score (nSPS) is 26.4. The number of rotatable bonds is 3. The highest BCUT2D eigenvalue weighted by atomic mass is 15.5. The highest BCUT2D eigenvalue weighted by Crippen LogP contribution is 2.31. The van der Waals surface area contributed by atoms with Crippen molar-refractivity contribution in [3.05, 3.63) is 30.6 Å². The molecule has 3 atom stereocenters. The van der Waals surface area contributed by atoms with Gasteiger partial charge in [-0.25, -0.2) is 4.68 Å². The van der Waals surface area contributed by atoms with Crippen LogP contribution in [0.5, 0.6) is 0 Å². The fraction of sp³-hybridized carbons (Fsp3) is 0.533. The van der Waals surface area contributed by atoms with Crippen molar-refractivity contribution in [3.63, 3.8) is 0 Å². The molecular weight excluding hydrogens is 250 g/mol. The average Bonchev–Trinajstić information content (AvgIpc) is 2.96. The van der Waals surface area contributed by atoms with Gasteiger partial charge in [-0.2, -0.15) is 0 Å². The Balaban J connectivity index is 1.73. The molecule has 3 unspecified atom stereocenters. The molecular formula is C15H21N5. The van der Waals surface area contributed by atoms with Gasteiger partial charge in [0, 0.05) is 11.7 Å². The molecule has 20 heavy (non-hydrogen) atoms. The Bertz CT molecular complexity index is 551. The number of anilines is 1. The Labute approximate surface area is 119 Å². The number of nitrogens with one attached hydrogen (secondary N) is 1. The number of hydrogen-bond donors (Lipinski definition) is 1. The smallest absolute Gasteiger partial charge is 0.143 e. The minimum atomic E-state index is 0.565. The average molecular weight is 271 g/mol. The third-order valence-corrected chi connectivity index (χ3v) is 4.24. The molecule has 1 aliphatic rings. The second-order valence-electron chi connectivity index (χ2n) is 5.95. The minimum absolute atomic E-state index is 0.565. The van der Waals surface area contributed by atoms with Crippen LogP contribution in [0.1, 0.15) is 33.1 Å². The van der Waals surface area contributed by atoms with Gasteiger partial charge in [-0.05, 0) is 59.7 Å². The zero-order valence-corrected chi connectivity index (χ0v) is 12.0. The molecule has 1 N–H and O–H groups in total. The van der Waals surface area contributed by atoms with E-state index >= 15 is 0 Å². The molecule has 1 heterocycles. The maximum Gasteiger partial charge on any atom is 0.143 e. The van der Waals surface area contributed by atoms with E-state index in [9.17, 15) is 0 Å². The maximum absolute atomic E-state index is 3.93. The molecule has 0 spiro atoms. The first-order chi connectivity index (χ1) is 9.72. The highest BCUT2D eigenvalue weighted by Gasteiger charge is 2.25. The monoisotopic (exact) mass is 271 g/mol. The van der Waals surface area contributed by atoms with Gasteiger partial charge in [0.05, 0.1) is 5.69 Å². The van der Waals surface area contributed by atoms with Crippen LogP contribution in [0, 0.1) is 11.8 Å². The largest absolute Gasteiger partial charge is 0.382 e. The lowest BCUT2D eigenvalue weighted by Crippen LogP contribution is -2.33. The van der Waals surface area contributed by atoms with Crippen LogP contribution in [-0.4, -0.2) is 26.2 Å². The number of aromatic nitrogens is 4. The van der Waals surface area contributed by atoms with E-state index in [1.54, 1.807) is 11.0 Å². The minimum Gasteiger partial charge on any atom is -0.382 e. The summed E-state index contributed by atoms with van der Waals surface area (Å²) in [6.45, 7) is 4.70. The summed E-state index contributed by atoms with van der Waals surface area (Å²) >= 11 is 0. The Hall–Kier alpha value is -1.91. The van der Waals surface area contributed by atoms with E-state index in [0.29, 0.717) is 6.04 Å². The van der Waals surface area contributed by atoms with Crippen molar-refractivity contribution in [1.29, 1.82) is 0 Å². The number of tetrazole rings is 1. The van der Waals surface area contributed by atoms with E-state index in [1.165, 1.54) is 19.3 Å². The first-order valence-electron chi connectivity index (χ1n) is 7.32. The maximum atomic E-state index is 3.93. The van der Waals surface area contributed by atoms with Gasteiger partial charge >= 0.3 is 0 Å². The van der Waals surface area contributed by atoms with Crippen molar-refractivity contribution in [3.8, 4) is 5.69 Å². The van der Waals surface area contributed by atoms with Crippen molar-refractivity contribution in [2.45, 2.75) is 39.2 Å². The van der Waals surface area contributed by atoms with Crippen molar-refractivity contribution >= 4 is 5.69 Å². The summed E-state index contributed by atoms with van der Waals surface area (Å²) in [6.07, 6.45) is 5.49. The Morgan fingerprint density at radius 1 is 1.25 bits per heavy atom. The molecule has 1 saturated carbocycles. The summed E-state index contributed by atoms with van der Waals surface area (Å²) in [5.74, 6) is 1.58. The molecule has 1 aromatic heterocycles. The van der Waals surface area contributed by atoms with E-state index in [-0.39, 0.29) is 0 Å². The first-order valence-corrected chi connectivity index (χ1v) is 7.32. The summed E-state index contributed by atoms with van der Waals surface area (Å²) in [7, 11) is 0. The van der Waals surface area contributed by atoms with Crippen molar-refractivity contribution in [2.24, 2.45) is 11.8 Å². The van der Waals surface area contributed by atoms with Crippen LogP contribution in [0.15, 0.2) is 30.6 Å². The molecule has 1 aromatic carbocycles. The van der Waals surface area contributed by atoms with Gasteiger partial charge in [-0.15, -0.1) is 5.10 Å². The van der Waals surface area contributed by atoms with Gasteiger partial charge in [-0.1, -0.05) is 19.9 Å². The highest BCUT2D eigenvalue weighted by molar-refractivity contribution is 5.51. The molecule has 0 bridgehead atoms. The molecule has 0 amide bonds. The Morgan fingerprint density at radius 2 is 2.15 bits per heavy atom. The molecule has 1 fully saturated rings. The van der Waals surface area contributed by atoms with Crippen LogP contribution < -0.4 is 5.32 Å². The molecule has 1 aliphatic carbocycles. The van der Waals surface area contributed by atoms with Crippen LogP contribution in [-0.2, 0) is 0 Å². The van der Waals surface area contributed by atoms with Crippen LogP contribution in [0.25, 0.3) is 5.69 Å². The molecule has 0 radical (unpaired) electrons. The summed E-state index contributed by atoms with van der Waals surface area (Å²) in [6, 6.07) is 8.82. The number of benzene rings is 1. The third kappa shape index (κ3) is 2.81. The molecule has 3 rings (SSSR count). The lowest BCUT2D eigenvalue weighted by atomic mass is 9.80. The predicted molar refractivity (Wildman–Crippen MR) is 78.7 cm³/mol. The summed E-state index contributed by atoms with van der Waals surface area (Å²) in [5.41, 5.74) is 2.13. The van der Waals surface area contributed by atoms with Crippen molar-refractivity contribution in [2.75, 3.05) is 5.32 Å². The number of nitrogens with zero attached hydrogens (tertiary/aromatic N) is 4. The van der Waals surface area contributed by atoms with Gasteiger partial charge in [0.15, 0.2) is 0 Å².